The van der Waals surface area contributed by atoms with E-state index in [0.717, 1.165) is 22.6 Å². The van der Waals surface area contributed by atoms with Gasteiger partial charge < -0.3 is 20.1 Å². The first-order valence-corrected chi connectivity index (χ1v) is 8.87. The van der Waals surface area contributed by atoms with E-state index < -0.39 is 0 Å². The molecule has 2 amide bonds. The van der Waals surface area contributed by atoms with Crippen LogP contribution in [0.15, 0.2) is 78.9 Å². The standard InChI is InChI=1S/C22H20N2O3/c25-22(23-14-19-15-26-20-8-4-5-9-21(20)27-19)24-18-12-10-17(11-13-18)16-6-2-1-3-7-16/h1-13,19H,14-15H2,(H2,23,24,25). The lowest BCUT2D eigenvalue weighted by Crippen LogP contribution is -2.42. The zero-order valence-corrected chi connectivity index (χ0v) is 14.7. The van der Waals surface area contributed by atoms with Crippen LogP contribution >= 0.6 is 0 Å². The van der Waals surface area contributed by atoms with Gasteiger partial charge >= 0.3 is 6.03 Å². The maximum absolute atomic E-state index is 12.1. The maximum atomic E-state index is 12.1. The first-order valence-electron chi connectivity index (χ1n) is 8.87. The number of rotatable bonds is 4. The Bertz CT molecular complexity index is 910. The minimum atomic E-state index is -0.273. The highest BCUT2D eigenvalue weighted by Crippen LogP contribution is 2.30. The first kappa shape index (κ1) is 17.0. The molecule has 4 rings (SSSR count). The van der Waals surface area contributed by atoms with Crippen molar-refractivity contribution in [2.75, 3.05) is 18.5 Å². The molecule has 0 aromatic heterocycles. The predicted octanol–water partition coefficient (Wildman–Crippen LogP) is 4.32. The molecule has 0 bridgehead atoms. The van der Waals surface area contributed by atoms with Crippen molar-refractivity contribution in [1.82, 2.24) is 5.32 Å². The van der Waals surface area contributed by atoms with Gasteiger partial charge in [0.15, 0.2) is 17.6 Å². The zero-order valence-electron chi connectivity index (χ0n) is 14.7. The molecule has 0 saturated heterocycles. The molecule has 27 heavy (non-hydrogen) atoms. The SMILES string of the molecule is O=C(NCC1COc2ccccc2O1)Nc1ccc(-c2ccccc2)cc1. The number of carbonyl (C=O) groups is 1. The Morgan fingerprint density at radius 2 is 1.52 bits per heavy atom. The molecule has 0 radical (unpaired) electrons. The minimum Gasteiger partial charge on any atom is -0.486 e. The Labute approximate surface area is 157 Å². The summed E-state index contributed by atoms with van der Waals surface area (Å²) in [7, 11) is 0. The largest absolute Gasteiger partial charge is 0.486 e. The van der Waals surface area contributed by atoms with Gasteiger partial charge in [0.2, 0.25) is 0 Å². The summed E-state index contributed by atoms with van der Waals surface area (Å²) in [6.45, 7) is 0.769. The molecule has 136 valence electrons. The van der Waals surface area contributed by atoms with Crippen molar-refractivity contribution in [3.63, 3.8) is 0 Å². The molecule has 1 aliphatic rings. The van der Waals surface area contributed by atoms with Crippen LogP contribution in [0.2, 0.25) is 0 Å². The van der Waals surface area contributed by atoms with Crippen LogP contribution in [0.3, 0.4) is 0 Å². The highest BCUT2D eigenvalue weighted by atomic mass is 16.6. The third kappa shape index (κ3) is 4.20. The highest BCUT2D eigenvalue weighted by molar-refractivity contribution is 5.89. The van der Waals surface area contributed by atoms with Gasteiger partial charge in [0.25, 0.3) is 0 Å². The van der Waals surface area contributed by atoms with E-state index in [9.17, 15) is 4.79 Å². The van der Waals surface area contributed by atoms with Gasteiger partial charge in [-0.3, -0.25) is 0 Å². The van der Waals surface area contributed by atoms with E-state index in [1.54, 1.807) is 0 Å². The van der Waals surface area contributed by atoms with E-state index in [1.165, 1.54) is 0 Å². The number of amides is 2. The van der Waals surface area contributed by atoms with Crippen molar-refractivity contribution in [3.05, 3.63) is 78.9 Å². The number of para-hydroxylation sites is 2. The van der Waals surface area contributed by atoms with Crippen molar-refractivity contribution in [2.24, 2.45) is 0 Å². The number of fused-ring (bicyclic) bond motifs is 1. The third-order valence-electron chi connectivity index (χ3n) is 4.31. The van der Waals surface area contributed by atoms with Crippen molar-refractivity contribution in [2.45, 2.75) is 6.10 Å². The molecule has 2 N–H and O–H groups in total. The maximum Gasteiger partial charge on any atom is 0.319 e. The molecule has 0 saturated carbocycles. The fraction of sp³-hybridized carbons (Fsp3) is 0.136. The second kappa shape index (κ2) is 7.83. The molecule has 1 aliphatic heterocycles. The Kier molecular flexibility index (Phi) is 4.92. The average Bonchev–Trinajstić information content (AvgIpc) is 2.73. The summed E-state index contributed by atoms with van der Waals surface area (Å²) in [6, 6.07) is 25.1. The number of nitrogens with one attached hydrogen (secondary N) is 2. The Morgan fingerprint density at radius 1 is 0.852 bits per heavy atom. The molecule has 1 unspecified atom stereocenters. The minimum absolute atomic E-state index is 0.217. The monoisotopic (exact) mass is 360 g/mol. The molecule has 1 heterocycles. The van der Waals surface area contributed by atoms with Gasteiger partial charge in [-0.15, -0.1) is 0 Å². The van der Waals surface area contributed by atoms with Gasteiger partial charge in [-0.05, 0) is 35.4 Å². The summed E-state index contributed by atoms with van der Waals surface area (Å²) in [5.74, 6) is 1.43. The number of hydrogen-bond acceptors (Lipinski definition) is 3. The fourth-order valence-corrected chi connectivity index (χ4v) is 2.92. The van der Waals surface area contributed by atoms with Crippen LogP contribution in [0.25, 0.3) is 11.1 Å². The average molecular weight is 360 g/mol. The van der Waals surface area contributed by atoms with Crippen LogP contribution in [0.5, 0.6) is 11.5 Å². The summed E-state index contributed by atoms with van der Waals surface area (Å²) in [4.78, 5) is 12.1. The van der Waals surface area contributed by atoms with E-state index in [2.05, 4.69) is 22.8 Å². The number of benzene rings is 3. The summed E-state index contributed by atoms with van der Waals surface area (Å²) >= 11 is 0. The lowest BCUT2D eigenvalue weighted by Gasteiger charge is -2.26. The number of hydrogen-bond donors (Lipinski definition) is 2. The number of carbonyl (C=O) groups excluding carboxylic acids is 1. The summed E-state index contributed by atoms with van der Waals surface area (Å²) in [5, 5.41) is 5.66. The molecule has 5 nitrogen and oxygen atoms in total. The van der Waals surface area contributed by atoms with E-state index in [1.807, 2.05) is 66.7 Å². The molecular weight excluding hydrogens is 340 g/mol. The van der Waals surface area contributed by atoms with Gasteiger partial charge in [-0.1, -0.05) is 54.6 Å². The molecule has 0 aliphatic carbocycles. The Morgan fingerprint density at radius 3 is 2.30 bits per heavy atom. The van der Waals surface area contributed by atoms with E-state index in [4.69, 9.17) is 9.47 Å². The quantitative estimate of drug-likeness (QED) is 0.729. The lowest BCUT2D eigenvalue weighted by atomic mass is 10.1. The second-order valence-electron chi connectivity index (χ2n) is 6.28. The van der Waals surface area contributed by atoms with Crippen LogP contribution in [-0.2, 0) is 0 Å². The molecule has 1 atom stereocenters. The van der Waals surface area contributed by atoms with E-state index in [-0.39, 0.29) is 12.1 Å². The number of ether oxygens (including phenoxy) is 2. The van der Waals surface area contributed by atoms with Crippen LogP contribution < -0.4 is 20.1 Å². The summed E-state index contributed by atoms with van der Waals surface area (Å²) in [5.41, 5.74) is 2.98. The molecule has 0 fully saturated rings. The van der Waals surface area contributed by atoms with E-state index >= 15 is 0 Å². The normalized spacial score (nSPS) is 15.0. The van der Waals surface area contributed by atoms with Gasteiger partial charge in [-0.2, -0.15) is 0 Å². The molecule has 0 spiro atoms. The number of urea groups is 1. The van der Waals surface area contributed by atoms with Gasteiger partial charge in [0.1, 0.15) is 6.61 Å². The Balaban J connectivity index is 1.29. The molecule has 3 aromatic rings. The zero-order chi connectivity index (χ0) is 18.5. The highest BCUT2D eigenvalue weighted by Gasteiger charge is 2.20. The number of anilines is 1. The van der Waals surface area contributed by atoms with Crippen molar-refractivity contribution >= 4 is 11.7 Å². The molecule has 3 aromatic carbocycles. The molecular formula is C22H20N2O3. The summed E-state index contributed by atoms with van der Waals surface area (Å²) in [6.07, 6.45) is -0.217. The van der Waals surface area contributed by atoms with Crippen molar-refractivity contribution in [3.8, 4) is 22.6 Å². The van der Waals surface area contributed by atoms with Crippen LogP contribution in [0.4, 0.5) is 10.5 Å². The van der Waals surface area contributed by atoms with E-state index in [0.29, 0.717) is 18.9 Å². The van der Waals surface area contributed by atoms with Crippen LogP contribution in [-0.4, -0.2) is 25.3 Å². The third-order valence-corrected chi connectivity index (χ3v) is 4.31. The lowest BCUT2D eigenvalue weighted by molar-refractivity contribution is 0.0922. The van der Waals surface area contributed by atoms with Crippen LogP contribution in [0, 0.1) is 0 Å². The van der Waals surface area contributed by atoms with Gasteiger partial charge in [0.05, 0.1) is 6.54 Å². The molecule has 5 heteroatoms. The van der Waals surface area contributed by atoms with Gasteiger partial charge in [-0.25, -0.2) is 4.79 Å². The second-order valence-corrected chi connectivity index (χ2v) is 6.28. The smallest absolute Gasteiger partial charge is 0.319 e. The fourth-order valence-electron chi connectivity index (χ4n) is 2.92. The Hall–Kier alpha value is -3.47. The van der Waals surface area contributed by atoms with Gasteiger partial charge in [0, 0.05) is 5.69 Å². The van der Waals surface area contributed by atoms with Crippen molar-refractivity contribution < 1.29 is 14.3 Å². The topological polar surface area (TPSA) is 59.6 Å². The predicted molar refractivity (Wildman–Crippen MR) is 105 cm³/mol. The van der Waals surface area contributed by atoms with Crippen molar-refractivity contribution in [1.29, 1.82) is 0 Å². The summed E-state index contributed by atoms with van der Waals surface area (Å²) < 4.78 is 11.5. The first-order chi connectivity index (χ1) is 13.3. The van der Waals surface area contributed by atoms with Crippen LogP contribution in [0.1, 0.15) is 0 Å².